The van der Waals surface area contributed by atoms with Gasteiger partial charge < -0.3 is 21.1 Å². The third kappa shape index (κ3) is 6.07. The van der Waals surface area contributed by atoms with Gasteiger partial charge in [-0.1, -0.05) is 60.7 Å². The zero-order valence-corrected chi connectivity index (χ0v) is 16.3. The molecule has 0 radical (unpaired) electrons. The van der Waals surface area contributed by atoms with Crippen LogP contribution in [0.15, 0.2) is 72.8 Å². The Hall–Kier alpha value is -3.87. The van der Waals surface area contributed by atoms with Gasteiger partial charge in [-0.05, 0) is 34.9 Å². The molecule has 0 unspecified atom stereocenters. The van der Waals surface area contributed by atoms with Gasteiger partial charge in [0.1, 0.15) is 12.6 Å². The summed E-state index contributed by atoms with van der Waals surface area (Å²) in [6.07, 6.45) is -0.730. The van der Waals surface area contributed by atoms with Crippen molar-refractivity contribution >= 4 is 34.4 Å². The van der Waals surface area contributed by atoms with Gasteiger partial charge >= 0.3 is 6.09 Å². The van der Waals surface area contributed by atoms with E-state index in [-0.39, 0.29) is 19.4 Å². The highest BCUT2D eigenvalue weighted by molar-refractivity contribution is 5.98. The van der Waals surface area contributed by atoms with E-state index in [0.29, 0.717) is 5.69 Å². The maximum absolute atomic E-state index is 12.7. The molecule has 0 aliphatic rings. The lowest BCUT2D eigenvalue weighted by molar-refractivity contribution is -0.119. The first-order chi connectivity index (χ1) is 14.5. The summed E-state index contributed by atoms with van der Waals surface area (Å²) in [6, 6.07) is 21.5. The number of fused-ring (bicyclic) bond motifs is 1. The number of nitrogens with two attached hydrogens (primary N) is 1. The van der Waals surface area contributed by atoms with Gasteiger partial charge in [0.05, 0.1) is 0 Å². The number of amides is 3. The molecule has 0 bridgehead atoms. The van der Waals surface area contributed by atoms with Gasteiger partial charge in [-0.3, -0.25) is 9.59 Å². The van der Waals surface area contributed by atoms with Gasteiger partial charge in [-0.15, -0.1) is 0 Å². The first-order valence-corrected chi connectivity index (χ1v) is 9.56. The third-order valence-corrected chi connectivity index (χ3v) is 4.52. The molecule has 4 N–H and O–H groups in total. The molecular weight excluding hydrogens is 382 g/mol. The Morgan fingerprint density at radius 1 is 0.900 bits per heavy atom. The largest absolute Gasteiger partial charge is 0.445 e. The fourth-order valence-corrected chi connectivity index (χ4v) is 2.96. The number of benzene rings is 3. The molecule has 3 amide bonds. The molecule has 1 atom stereocenters. The number of nitrogens with one attached hydrogen (secondary N) is 2. The van der Waals surface area contributed by atoms with Crippen molar-refractivity contribution in [3.8, 4) is 0 Å². The lowest BCUT2D eigenvalue weighted by atomic mass is 10.1. The fourth-order valence-electron chi connectivity index (χ4n) is 2.96. The molecule has 0 saturated heterocycles. The van der Waals surface area contributed by atoms with Crippen molar-refractivity contribution in [1.82, 2.24) is 5.32 Å². The molecule has 7 nitrogen and oxygen atoms in total. The molecule has 3 aromatic carbocycles. The van der Waals surface area contributed by atoms with E-state index >= 15 is 0 Å². The summed E-state index contributed by atoms with van der Waals surface area (Å²) in [7, 11) is 0. The standard InChI is InChI=1S/C23H23N3O4/c24-21(27)13-12-20(26-23(29)30-15-16-6-2-1-3-7-16)22(28)25-19-11-10-17-8-4-5-9-18(17)14-19/h1-11,14,20H,12-13,15H2,(H2,24,27)(H,25,28)(H,26,29)/t20-/m0/s1. The molecule has 3 aromatic rings. The van der Waals surface area contributed by atoms with Gasteiger partial charge in [0, 0.05) is 12.1 Å². The summed E-state index contributed by atoms with van der Waals surface area (Å²) in [5, 5.41) is 7.31. The van der Waals surface area contributed by atoms with Gasteiger partial charge in [0.25, 0.3) is 0 Å². The molecule has 30 heavy (non-hydrogen) atoms. The number of primary amides is 1. The van der Waals surface area contributed by atoms with Crippen LogP contribution in [0.5, 0.6) is 0 Å². The summed E-state index contributed by atoms with van der Waals surface area (Å²) < 4.78 is 5.18. The number of carbonyl (C=O) groups excluding carboxylic acids is 3. The SMILES string of the molecule is NC(=O)CC[C@H](NC(=O)OCc1ccccc1)C(=O)Nc1ccc2ccccc2c1. The monoisotopic (exact) mass is 405 g/mol. The molecule has 0 fully saturated rings. The van der Waals surface area contributed by atoms with Gasteiger partial charge in [0.15, 0.2) is 0 Å². The van der Waals surface area contributed by atoms with Crippen LogP contribution < -0.4 is 16.4 Å². The minimum atomic E-state index is -0.966. The second-order valence-corrected chi connectivity index (χ2v) is 6.81. The highest BCUT2D eigenvalue weighted by atomic mass is 16.5. The van der Waals surface area contributed by atoms with E-state index in [2.05, 4.69) is 10.6 Å². The summed E-state index contributed by atoms with van der Waals surface area (Å²) >= 11 is 0. The molecule has 0 aliphatic heterocycles. The van der Waals surface area contributed by atoms with E-state index in [9.17, 15) is 14.4 Å². The topological polar surface area (TPSA) is 111 Å². The normalized spacial score (nSPS) is 11.5. The molecule has 0 heterocycles. The maximum Gasteiger partial charge on any atom is 0.408 e. The zero-order chi connectivity index (χ0) is 21.3. The zero-order valence-electron chi connectivity index (χ0n) is 16.3. The quantitative estimate of drug-likeness (QED) is 0.534. The molecule has 0 aromatic heterocycles. The van der Waals surface area contributed by atoms with E-state index in [1.807, 2.05) is 66.7 Å². The van der Waals surface area contributed by atoms with E-state index in [4.69, 9.17) is 10.5 Å². The van der Waals surface area contributed by atoms with Crippen LogP contribution in [0.4, 0.5) is 10.5 Å². The Labute approximate surface area is 174 Å². The van der Waals surface area contributed by atoms with Crippen LogP contribution in [-0.4, -0.2) is 23.9 Å². The molecule has 7 heteroatoms. The summed E-state index contributed by atoms with van der Waals surface area (Å²) in [4.78, 5) is 36.1. The van der Waals surface area contributed by atoms with Crippen molar-refractivity contribution in [2.45, 2.75) is 25.5 Å². The molecule has 0 saturated carbocycles. The van der Waals surface area contributed by atoms with Crippen molar-refractivity contribution < 1.29 is 19.1 Å². The number of rotatable bonds is 8. The van der Waals surface area contributed by atoms with Crippen molar-refractivity contribution in [1.29, 1.82) is 0 Å². The molecule has 154 valence electrons. The number of hydrogen-bond donors (Lipinski definition) is 3. The molecule has 0 spiro atoms. The Morgan fingerprint density at radius 2 is 1.60 bits per heavy atom. The van der Waals surface area contributed by atoms with Crippen LogP contribution in [0.1, 0.15) is 18.4 Å². The van der Waals surface area contributed by atoms with Gasteiger partial charge in [-0.25, -0.2) is 4.79 Å². The number of alkyl carbamates (subject to hydrolysis) is 1. The minimum absolute atomic E-state index is 0.0469. The Morgan fingerprint density at radius 3 is 2.33 bits per heavy atom. The first-order valence-electron chi connectivity index (χ1n) is 9.56. The average Bonchev–Trinajstić information content (AvgIpc) is 2.75. The second kappa shape index (κ2) is 10.1. The van der Waals surface area contributed by atoms with E-state index in [0.717, 1.165) is 16.3 Å². The van der Waals surface area contributed by atoms with Crippen LogP contribution in [0.2, 0.25) is 0 Å². The summed E-state index contributed by atoms with van der Waals surface area (Å²) in [5.74, 6) is -1.01. The summed E-state index contributed by atoms with van der Waals surface area (Å²) in [6.45, 7) is 0.0709. The summed E-state index contributed by atoms with van der Waals surface area (Å²) in [5.41, 5.74) is 6.61. The molecular formula is C23H23N3O4. The Bertz CT molecular complexity index is 1040. The van der Waals surface area contributed by atoms with Crippen molar-refractivity contribution in [2.75, 3.05) is 5.32 Å². The van der Waals surface area contributed by atoms with Crippen LogP contribution in [0.25, 0.3) is 10.8 Å². The Balaban J connectivity index is 1.64. The number of ether oxygens (including phenoxy) is 1. The number of hydrogen-bond acceptors (Lipinski definition) is 4. The van der Waals surface area contributed by atoms with Gasteiger partial charge in [-0.2, -0.15) is 0 Å². The van der Waals surface area contributed by atoms with Crippen LogP contribution >= 0.6 is 0 Å². The predicted molar refractivity (Wildman–Crippen MR) is 115 cm³/mol. The van der Waals surface area contributed by atoms with E-state index in [1.54, 1.807) is 6.07 Å². The Kier molecular flexibility index (Phi) is 7.00. The molecule has 0 aliphatic carbocycles. The second-order valence-electron chi connectivity index (χ2n) is 6.81. The van der Waals surface area contributed by atoms with Crippen LogP contribution in [-0.2, 0) is 20.9 Å². The third-order valence-electron chi connectivity index (χ3n) is 4.52. The van der Waals surface area contributed by atoms with Crippen LogP contribution in [0.3, 0.4) is 0 Å². The highest BCUT2D eigenvalue weighted by Gasteiger charge is 2.22. The fraction of sp³-hybridized carbons (Fsp3) is 0.174. The van der Waals surface area contributed by atoms with Crippen molar-refractivity contribution in [3.05, 3.63) is 78.4 Å². The minimum Gasteiger partial charge on any atom is -0.445 e. The smallest absolute Gasteiger partial charge is 0.408 e. The van der Waals surface area contributed by atoms with Crippen LogP contribution in [0, 0.1) is 0 Å². The lowest BCUT2D eigenvalue weighted by Crippen LogP contribution is -2.44. The van der Waals surface area contributed by atoms with E-state index < -0.39 is 23.9 Å². The highest BCUT2D eigenvalue weighted by Crippen LogP contribution is 2.19. The van der Waals surface area contributed by atoms with Crippen molar-refractivity contribution in [3.63, 3.8) is 0 Å². The molecule has 3 rings (SSSR count). The van der Waals surface area contributed by atoms with Crippen molar-refractivity contribution in [2.24, 2.45) is 5.73 Å². The number of carbonyl (C=O) groups is 3. The predicted octanol–water partition coefficient (Wildman–Crippen LogP) is 3.34. The first kappa shape index (κ1) is 20.9. The van der Waals surface area contributed by atoms with Gasteiger partial charge in [0.2, 0.25) is 11.8 Å². The lowest BCUT2D eigenvalue weighted by Gasteiger charge is -2.18. The number of anilines is 1. The maximum atomic E-state index is 12.7. The average molecular weight is 405 g/mol. The van der Waals surface area contributed by atoms with E-state index in [1.165, 1.54) is 0 Å².